The number of benzene rings is 3. The van der Waals surface area contributed by atoms with Crippen molar-refractivity contribution >= 4 is 62.1 Å². The summed E-state index contributed by atoms with van der Waals surface area (Å²) >= 11 is 7.65. The predicted octanol–water partition coefficient (Wildman–Crippen LogP) is 6.28. The molecule has 2 aromatic heterocycles. The van der Waals surface area contributed by atoms with Gasteiger partial charge in [-0.05, 0) is 35.9 Å². The molecule has 2 heterocycles. The Morgan fingerprint density at radius 1 is 1.00 bits per heavy atom. The van der Waals surface area contributed by atoms with Crippen molar-refractivity contribution in [2.75, 3.05) is 0 Å². The zero-order chi connectivity index (χ0) is 22.8. The quantitative estimate of drug-likeness (QED) is 0.140. The number of hydrogen-bond acceptors (Lipinski definition) is 6. The Balaban J connectivity index is 1.26. The average molecular weight is 475 g/mol. The first-order valence-corrected chi connectivity index (χ1v) is 11.1. The molecule has 162 valence electrons. The number of fused-ring (bicyclic) bond motifs is 2. The van der Waals surface area contributed by atoms with Gasteiger partial charge in [-0.25, -0.2) is 10.2 Å². The second-order valence-electron chi connectivity index (χ2n) is 7.05. The third-order valence-electron chi connectivity index (χ3n) is 4.82. The van der Waals surface area contributed by atoms with Crippen LogP contribution in [-0.2, 0) is 0 Å². The van der Waals surface area contributed by atoms with E-state index in [1.54, 1.807) is 36.4 Å². The van der Waals surface area contributed by atoms with Crippen LogP contribution in [0.1, 0.15) is 25.8 Å². The number of carbonyl (C=O) groups excluding carboxylic acids is 2. The highest BCUT2D eigenvalue weighted by Crippen LogP contribution is 2.35. The summed E-state index contributed by atoms with van der Waals surface area (Å²) in [5.74, 6) is -0.504. The van der Waals surface area contributed by atoms with Gasteiger partial charge in [-0.2, -0.15) is 5.10 Å². The van der Waals surface area contributed by atoms with E-state index in [2.05, 4.69) is 10.5 Å². The van der Waals surface area contributed by atoms with Crippen molar-refractivity contribution in [1.82, 2.24) is 5.43 Å². The maximum absolute atomic E-state index is 12.7. The number of esters is 1. The average Bonchev–Trinajstić information content (AvgIpc) is 3.41. The van der Waals surface area contributed by atoms with Crippen molar-refractivity contribution in [3.63, 3.8) is 0 Å². The van der Waals surface area contributed by atoms with Gasteiger partial charge in [-0.1, -0.05) is 60.1 Å². The number of amides is 1. The van der Waals surface area contributed by atoms with E-state index < -0.39 is 11.9 Å². The summed E-state index contributed by atoms with van der Waals surface area (Å²) in [6.07, 6.45) is 1.45. The van der Waals surface area contributed by atoms with E-state index >= 15 is 0 Å². The number of furan rings is 1. The van der Waals surface area contributed by atoms with Gasteiger partial charge in [0.15, 0.2) is 5.76 Å². The molecule has 0 radical (unpaired) electrons. The second kappa shape index (κ2) is 8.90. The van der Waals surface area contributed by atoms with Gasteiger partial charge in [0.25, 0.3) is 0 Å². The third kappa shape index (κ3) is 4.37. The van der Waals surface area contributed by atoms with E-state index in [4.69, 9.17) is 20.8 Å². The highest BCUT2D eigenvalue weighted by Gasteiger charge is 2.19. The van der Waals surface area contributed by atoms with E-state index in [0.717, 1.165) is 15.5 Å². The minimum Gasteiger partial charge on any atom is -0.451 e. The third-order valence-corrected chi connectivity index (χ3v) is 6.47. The lowest BCUT2D eigenvalue weighted by Crippen LogP contribution is -2.16. The molecule has 0 saturated carbocycles. The molecule has 0 aliphatic heterocycles. The fraction of sp³-hybridized carbons (Fsp3) is 0. The topological polar surface area (TPSA) is 80.9 Å². The summed E-state index contributed by atoms with van der Waals surface area (Å²) in [6.45, 7) is 0. The van der Waals surface area contributed by atoms with E-state index in [1.807, 2.05) is 42.5 Å². The number of carbonyl (C=O) groups is 2. The van der Waals surface area contributed by atoms with Crippen LogP contribution in [-0.4, -0.2) is 18.1 Å². The first-order valence-electron chi connectivity index (χ1n) is 9.90. The van der Waals surface area contributed by atoms with Crippen molar-refractivity contribution in [2.45, 2.75) is 0 Å². The normalized spacial score (nSPS) is 11.3. The van der Waals surface area contributed by atoms with Crippen molar-refractivity contribution in [2.24, 2.45) is 5.10 Å². The summed E-state index contributed by atoms with van der Waals surface area (Å²) in [6, 6.07) is 23.3. The van der Waals surface area contributed by atoms with Crippen molar-refractivity contribution < 1.29 is 18.7 Å². The molecular formula is C25H15ClN2O4S. The standard InChI is InChI=1S/C25H15ClN2O4S/c26-22-18-9-2-4-11-21(18)33-23(22)25(30)31-17-8-5-6-15(12-17)14-27-28-24(29)20-13-16-7-1-3-10-19(16)32-20/h1-14H,(H,28,29). The minimum atomic E-state index is -0.534. The van der Waals surface area contributed by atoms with E-state index in [9.17, 15) is 9.59 Å². The SMILES string of the molecule is O=C(NN=Cc1cccc(OC(=O)c2sc3ccccc3c2Cl)c1)c1cc2ccccc2o1. The zero-order valence-corrected chi connectivity index (χ0v) is 18.5. The first-order chi connectivity index (χ1) is 16.1. The number of hydrazone groups is 1. The van der Waals surface area contributed by atoms with Gasteiger partial charge < -0.3 is 9.15 Å². The van der Waals surface area contributed by atoms with Crippen LogP contribution in [0.25, 0.3) is 21.1 Å². The monoisotopic (exact) mass is 474 g/mol. The van der Waals surface area contributed by atoms with Gasteiger partial charge in [0, 0.05) is 15.5 Å². The number of para-hydroxylation sites is 1. The van der Waals surface area contributed by atoms with Crippen LogP contribution < -0.4 is 10.2 Å². The van der Waals surface area contributed by atoms with Gasteiger partial charge in [0.1, 0.15) is 16.2 Å². The first kappa shape index (κ1) is 20.9. The molecule has 0 aliphatic carbocycles. The van der Waals surface area contributed by atoms with Crippen LogP contribution >= 0.6 is 22.9 Å². The second-order valence-corrected chi connectivity index (χ2v) is 8.48. The molecule has 0 saturated heterocycles. The Bertz CT molecular complexity index is 1500. The maximum Gasteiger partial charge on any atom is 0.355 e. The number of rotatable bonds is 5. The van der Waals surface area contributed by atoms with Gasteiger partial charge in [0.05, 0.1) is 11.2 Å². The molecule has 0 fully saturated rings. The molecule has 1 amide bonds. The van der Waals surface area contributed by atoms with Crippen LogP contribution in [0.5, 0.6) is 5.75 Å². The molecule has 8 heteroatoms. The molecule has 0 unspecified atom stereocenters. The molecule has 5 rings (SSSR count). The molecule has 0 spiro atoms. The van der Waals surface area contributed by atoms with E-state index in [-0.39, 0.29) is 5.76 Å². The largest absolute Gasteiger partial charge is 0.451 e. The number of hydrogen-bond donors (Lipinski definition) is 1. The Labute approximate surface area is 197 Å². The summed E-state index contributed by atoms with van der Waals surface area (Å²) in [5, 5.41) is 6.00. The number of halogens is 1. The predicted molar refractivity (Wildman–Crippen MR) is 130 cm³/mol. The number of thiophene rings is 1. The zero-order valence-electron chi connectivity index (χ0n) is 16.9. The molecule has 33 heavy (non-hydrogen) atoms. The molecule has 6 nitrogen and oxygen atoms in total. The summed E-state index contributed by atoms with van der Waals surface area (Å²) < 4.78 is 11.9. The molecule has 0 atom stereocenters. The lowest BCUT2D eigenvalue weighted by Gasteiger charge is -2.04. The Morgan fingerprint density at radius 3 is 2.67 bits per heavy atom. The minimum absolute atomic E-state index is 0.163. The summed E-state index contributed by atoms with van der Waals surface area (Å²) in [7, 11) is 0. The Kier molecular flexibility index (Phi) is 5.64. The van der Waals surface area contributed by atoms with Crippen LogP contribution in [0.3, 0.4) is 0 Å². The van der Waals surface area contributed by atoms with Crippen molar-refractivity contribution in [1.29, 1.82) is 0 Å². The van der Waals surface area contributed by atoms with Gasteiger partial charge in [-0.3, -0.25) is 4.79 Å². The fourth-order valence-corrected chi connectivity index (χ4v) is 4.66. The fourth-order valence-electron chi connectivity index (χ4n) is 3.27. The smallest absolute Gasteiger partial charge is 0.355 e. The molecule has 0 bridgehead atoms. The van der Waals surface area contributed by atoms with Crippen molar-refractivity contribution in [3.05, 3.63) is 100 Å². The van der Waals surface area contributed by atoms with Crippen LogP contribution in [0.4, 0.5) is 0 Å². The highest BCUT2D eigenvalue weighted by molar-refractivity contribution is 7.21. The van der Waals surface area contributed by atoms with Crippen LogP contribution in [0, 0.1) is 0 Å². The Hall–Kier alpha value is -3.94. The number of nitrogens with zero attached hydrogens (tertiary/aromatic N) is 1. The van der Waals surface area contributed by atoms with Gasteiger partial charge >= 0.3 is 11.9 Å². The summed E-state index contributed by atoms with van der Waals surface area (Å²) in [4.78, 5) is 25.3. The van der Waals surface area contributed by atoms with Gasteiger partial charge in [0.2, 0.25) is 0 Å². The van der Waals surface area contributed by atoms with Crippen LogP contribution in [0.15, 0.2) is 88.4 Å². The van der Waals surface area contributed by atoms with E-state index in [1.165, 1.54) is 17.6 Å². The molecular weight excluding hydrogens is 460 g/mol. The lowest BCUT2D eigenvalue weighted by atomic mass is 10.2. The van der Waals surface area contributed by atoms with Crippen molar-refractivity contribution in [3.8, 4) is 5.75 Å². The molecule has 0 aliphatic rings. The highest BCUT2D eigenvalue weighted by atomic mass is 35.5. The van der Waals surface area contributed by atoms with Gasteiger partial charge in [-0.15, -0.1) is 11.3 Å². The molecule has 1 N–H and O–H groups in total. The maximum atomic E-state index is 12.7. The Morgan fingerprint density at radius 2 is 1.82 bits per heavy atom. The number of ether oxygens (including phenoxy) is 1. The number of nitrogens with one attached hydrogen (secondary N) is 1. The van der Waals surface area contributed by atoms with Crippen LogP contribution in [0.2, 0.25) is 5.02 Å². The lowest BCUT2D eigenvalue weighted by molar-refractivity contribution is 0.0740. The van der Waals surface area contributed by atoms with E-state index in [0.29, 0.717) is 26.8 Å². The molecule has 3 aromatic carbocycles. The summed E-state index contributed by atoms with van der Waals surface area (Å²) in [5.41, 5.74) is 3.69. The molecule has 5 aromatic rings.